The number of aromatic nitrogens is 3. The first-order chi connectivity index (χ1) is 13.5. The van der Waals surface area contributed by atoms with Gasteiger partial charge in [0.2, 0.25) is 5.88 Å². The summed E-state index contributed by atoms with van der Waals surface area (Å²) in [5.41, 5.74) is 2.27. The molecule has 0 atom stereocenters. The number of carbonyl (C=O) groups is 1. The van der Waals surface area contributed by atoms with Crippen molar-refractivity contribution >= 4 is 5.91 Å². The molecule has 2 aromatic heterocycles. The Labute approximate surface area is 160 Å². The molecule has 3 aromatic rings. The highest BCUT2D eigenvalue weighted by Crippen LogP contribution is 2.23. The number of rotatable bonds is 4. The number of aryl methyl sites for hydroxylation is 1. The summed E-state index contributed by atoms with van der Waals surface area (Å²) in [4.78, 5) is 18.5. The molecule has 1 aliphatic rings. The Bertz CT molecular complexity index is 1050. The maximum atomic E-state index is 13.1. The lowest BCUT2D eigenvalue weighted by atomic mass is 10.1. The van der Waals surface area contributed by atoms with Gasteiger partial charge in [-0.15, -0.1) is 0 Å². The second-order valence-electron chi connectivity index (χ2n) is 6.49. The van der Waals surface area contributed by atoms with Gasteiger partial charge in [-0.25, -0.2) is 9.37 Å². The Morgan fingerprint density at radius 3 is 2.64 bits per heavy atom. The van der Waals surface area contributed by atoms with E-state index in [-0.39, 0.29) is 17.8 Å². The van der Waals surface area contributed by atoms with Crippen LogP contribution in [0.4, 0.5) is 4.39 Å². The van der Waals surface area contributed by atoms with E-state index in [1.54, 1.807) is 42.3 Å². The van der Waals surface area contributed by atoms with Crippen LogP contribution in [0.5, 0.6) is 5.88 Å². The number of hydrogen-bond donors (Lipinski definition) is 0. The monoisotopic (exact) mass is 377 g/mol. The summed E-state index contributed by atoms with van der Waals surface area (Å²) >= 11 is 0. The third-order valence-electron chi connectivity index (χ3n) is 4.53. The Morgan fingerprint density at radius 2 is 2.00 bits per heavy atom. The summed E-state index contributed by atoms with van der Waals surface area (Å²) in [5.74, 6) is -0.0365. The maximum absolute atomic E-state index is 13.1. The Kier molecular flexibility index (Phi) is 4.49. The van der Waals surface area contributed by atoms with Crippen molar-refractivity contribution in [3.63, 3.8) is 0 Å². The van der Waals surface area contributed by atoms with E-state index in [0.29, 0.717) is 35.9 Å². The van der Waals surface area contributed by atoms with Crippen molar-refractivity contribution in [2.45, 2.75) is 6.10 Å². The molecule has 0 bridgehead atoms. The second kappa shape index (κ2) is 7.12. The molecule has 1 saturated heterocycles. The lowest BCUT2D eigenvalue weighted by Crippen LogP contribution is -2.56. The number of nitrogens with zero attached hydrogens (tertiary/aromatic N) is 5. The molecule has 28 heavy (non-hydrogen) atoms. The third-order valence-corrected chi connectivity index (χ3v) is 4.53. The van der Waals surface area contributed by atoms with E-state index in [1.807, 2.05) is 6.07 Å². The largest absolute Gasteiger partial charge is 0.471 e. The van der Waals surface area contributed by atoms with Crippen molar-refractivity contribution in [3.8, 4) is 23.2 Å². The molecule has 1 amide bonds. The van der Waals surface area contributed by atoms with Gasteiger partial charge >= 0.3 is 0 Å². The molecule has 0 aliphatic carbocycles. The van der Waals surface area contributed by atoms with E-state index in [9.17, 15) is 9.18 Å². The first kappa shape index (κ1) is 17.7. The molecule has 7 nitrogen and oxygen atoms in total. The highest BCUT2D eigenvalue weighted by atomic mass is 19.1. The van der Waals surface area contributed by atoms with Crippen LogP contribution in [0.25, 0.3) is 11.3 Å². The average molecular weight is 377 g/mol. The molecular formula is C20H16FN5O2. The number of benzene rings is 1. The van der Waals surface area contributed by atoms with Crippen LogP contribution in [-0.2, 0) is 7.05 Å². The molecule has 0 unspecified atom stereocenters. The van der Waals surface area contributed by atoms with Crippen LogP contribution in [-0.4, -0.2) is 44.8 Å². The molecule has 140 valence electrons. The van der Waals surface area contributed by atoms with Crippen molar-refractivity contribution in [2.75, 3.05) is 13.1 Å². The summed E-state index contributed by atoms with van der Waals surface area (Å²) in [7, 11) is 1.70. The van der Waals surface area contributed by atoms with Crippen LogP contribution in [0.3, 0.4) is 0 Å². The van der Waals surface area contributed by atoms with Crippen LogP contribution in [0.1, 0.15) is 16.1 Å². The van der Waals surface area contributed by atoms with Gasteiger partial charge in [0.25, 0.3) is 5.91 Å². The zero-order chi connectivity index (χ0) is 19.7. The summed E-state index contributed by atoms with van der Waals surface area (Å²) in [6, 6.07) is 13.0. The van der Waals surface area contributed by atoms with Crippen molar-refractivity contribution in [2.24, 2.45) is 7.05 Å². The van der Waals surface area contributed by atoms with Crippen LogP contribution in [0.2, 0.25) is 0 Å². The number of halogens is 1. The van der Waals surface area contributed by atoms with E-state index in [2.05, 4.69) is 10.1 Å². The summed E-state index contributed by atoms with van der Waals surface area (Å²) in [6.07, 6.45) is 1.30. The van der Waals surface area contributed by atoms with Gasteiger partial charge in [0, 0.05) is 24.9 Å². The third kappa shape index (κ3) is 3.42. The van der Waals surface area contributed by atoms with Gasteiger partial charge in [0.15, 0.2) is 0 Å². The Balaban J connectivity index is 1.39. The average Bonchev–Trinajstić information content (AvgIpc) is 3.06. The Morgan fingerprint density at radius 1 is 1.25 bits per heavy atom. The van der Waals surface area contributed by atoms with E-state index in [1.165, 1.54) is 23.0 Å². The van der Waals surface area contributed by atoms with Crippen LogP contribution < -0.4 is 4.74 Å². The predicted octanol–water partition coefficient (Wildman–Crippen LogP) is 2.40. The van der Waals surface area contributed by atoms with Gasteiger partial charge < -0.3 is 9.64 Å². The fourth-order valence-corrected chi connectivity index (χ4v) is 2.96. The molecule has 8 heteroatoms. The first-order valence-electron chi connectivity index (χ1n) is 8.65. The number of carbonyl (C=O) groups excluding carboxylic acids is 1. The van der Waals surface area contributed by atoms with Gasteiger partial charge in [0.05, 0.1) is 24.3 Å². The normalized spacial score (nSPS) is 13.7. The lowest BCUT2D eigenvalue weighted by molar-refractivity contribution is 0.0152. The minimum absolute atomic E-state index is 0.143. The van der Waals surface area contributed by atoms with Gasteiger partial charge in [-0.05, 0) is 36.4 Å². The highest BCUT2D eigenvalue weighted by molar-refractivity contribution is 5.94. The Hall–Kier alpha value is -3.73. The molecule has 0 spiro atoms. The molecule has 1 aliphatic heterocycles. The van der Waals surface area contributed by atoms with Gasteiger partial charge in [0.1, 0.15) is 23.7 Å². The van der Waals surface area contributed by atoms with Crippen LogP contribution >= 0.6 is 0 Å². The number of likely N-dealkylation sites (tertiary alicyclic amines) is 1. The quantitative estimate of drug-likeness (QED) is 0.697. The highest BCUT2D eigenvalue weighted by Gasteiger charge is 2.34. The first-order valence-corrected chi connectivity index (χ1v) is 8.65. The summed E-state index contributed by atoms with van der Waals surface area (Å²) < 4.78 is 20.3. The topological polar surface area (TPSA) is 84.0 Å². The van der Waals surface area contributed by atoms with Gasteiger partial charge in [-0.2, -0.15) is 10.4 Å². The minimum atomic E-state index is -0.320. The zero-order valence-electron chi connectivity index (χ0n) is 15.0. The number of ether oxygens (including phenoxy) is 1. The predicted molar refractivity (Wildman–Crippen MR) is 97.9 cm³/mol. The van der Waals surface area contributed by atoms with E-state index in [4.69, 9.17) is 10.00 Å². The number of amides is 1. The lowest BCUT2D eigenvalue weighted by Gasteiger charge is -2.38. The summed E-state index contributed by atoms with van der Waals surface area (Å²) in [5, 5.41) is 13.1. The smallest absolute Gasteiger partial charge is 0.272 e. The van der Waals surface area contributed by atoms with E-state index >= 15 is 0 Å². The van der Waals surface area contributed by atoms with Crippen LogP contribution in [0, 0.1) is 17.1 Å². The number of hydrogen-bond acceptors (Lipinski definition) is 5. The molecular weight excluding hydrogens is 361 g/mol. The van der Waals surface area contributed by atoms with Crippen molar-refractivity contribution in [3.05, 3.63) is 65.7 Å². The number of pyridine rings is 1. The van der Waals surface area contributed by atoms with Gasteiger partial charge in [-0.3, -0.25) is 9.48 Å². The second-order valence-corrected chi connectivity index (χ2v) is 6.49. The SMILES string of the molecule is Cn1nc(-c2ccc(F)cc2)cc1C(=O)N1CC(Oc2ccc(C#N)cn2)C1. The maximum Gasteiger partial charge on any atom is 0.272 e. The molecule has 3 heterocycles. The van der Waals surface area contributed by atoms with E-state index in [0.717, 1.165) is 5.56 Å². The fraction of sp³-hybridized carbons (Fsp3) is 0.200. The van der Waals surface area contributed by atoms with Crippen molar-refractivity contribution in [1.82, 2.24) is 19.7 Å². The van der Waals surface area contributed by atoms with Crippen LogP contribution in [0.15, 0.2) is 48.7 Å². The van der Waals surface area contributed by atoms with Crippen molar-refractivity contribution in [1.29, 1.82) is 5.26 Å². The molecule has 0 radical (unpaired) electrons. The molecule has 0 saturated carbocycles. The number of nitriles is 1. The molecule has 0 N–H and O–H groups in total. The molecule has 1 aromatic carbocycles. The molecule has 1 fully saturated rings. The minimum Gasteiger partial charge on any atom is -0.471 e. The standard InChI is InChI=1S/C20H16FN5O2/c1-25-18(8-17(24-25)14-3-5-15(21)6-4-14)20(27)26-11-16(12-26)28-19-7-2-13(9-22)10-23-19/h2-8,10,16H,11-12H2,1H3. The summed E-state index contributed by atoms with van der Waals surface area (Å²) in [6.45, 7) is 0.884. The van der Waals surface area contributed by atoms with Gasteiger partial charge in [-0.1, -0.05) is 0 Å². The molecule has 4 rings (SSSR count). The van der Waals surface area contributed by atoms with E-state index < -0.39 is 0 Å². The zero-order valence-corrected chi connectivity index (χ0v) is 15.0. The van der Waals surface area contributed by atoms with Crippen molar-refractivity contribution < 1.29 is 13.9 Å². The fourth-order valence-electron chi connectivity index (χ4n) is 2.96.